The maximum Gasteiger partial charge on any atom is 0.329 e. The van der Waals surface area contributed by atoms with E-state index in [1.807, 2.05) is 48.5 Å². The average molecular weight is 414 g/mol. The first-order valence-electron chi connectivity index (χ1n) is 10.1. The van der Waals surface area contributed by atoms with Gasteiger partial charge in [0.2, 0.25) is 5.91 Å². The van der Waals surface area contributed by atoms with E-state index in [4.69, 9.17) is 0 Å². The molecule has 0 radical (unpaired) electrons. The van der Waals surface area contributed by atoms with Gasteiger partial charge in [-0.3, -0.25) is 14.6 Å². The van der Waals surface area contributed by atoms with Gasteiger partial charge in [-0.2, -0.15) is 0 Å². The zero-order chi connectivity index (χ0) is 21.6. The number of aromatic amines is 1. The number of aromatic nitrogens is 3. The Morgan fingerprint density at radius 2 is 1.71 bits per heavy atom. The highest BCUT2D eigenvalue weighted by Gasteiger charge is 2.25. The Kier molecular flexibility index (Phi) is 6.03. The number of H-pyrrole nitrogens is 1. The summed E-state index contributed by atoms with van der Waals surface area (Å²) in [5.74, 6) is -0.386. The van der Waals surface area contributed by atoms with Gasteiger partial charge in [0.05, 0.1) is 10.9 Å². The second-order valence-corrected chi connectivity index (χ2v) is 7.22. The standard InChI is InChI=1S/C24H22N4O3/c29-22(26-15-13-18-10-6-7-14-25-18)21(16-17-8-2-1-3-9-17)28-23(30)19-11-4-5-12-20(19)27-24(28)31/h1-12,14,21H,13,15-16H2,(H,26,29)(H,27,31)/t21-/m1/s1. The number of hydrogen-bond acceptors (Lipinski definition) is 4. The highest BCUT2D eigenvalue weighted by atomic mass is 16.2. The van der Waals surface area contributed by atoms with Crippen molar-refractivity contribution < 1.29 is 4.79 Å². The van der Waals surface area contributed by atoms with E-state index < -0.39 is 17.3 Å². The molecule has 0 aliphatic heterocycles. The van der Waals surface area contributed by atoms with Crippen LogP contribution in [-0.4, -0.2) is 27.0 Å². The molecule has 0 aliphatic rings. The van der Waals surface area contributed by atoms with Gasteiger partial charge in [-0.05, 0) is 29.8 Å². The molecule has 2 heterocycles. The van der Waals surface area contributed by atoms with E-state index in [2.05, 4.69) is 15.3 Å². The van der Waals surface area contributed by atoms with E-state index in [0.29, 0.717) is 23.9 Å². The number of pyridine rings is 1. The van der Waals surface area contributed by atoms with Gasteiger partial charge in [0.15, 0.2) is 0 Å². The molecule has 4 rings (SSSR count). The van der Waals surface area contributed by atoms with Crippen LogP contribution in [0.2, 0.25) is 0 Å². The van der Waals surface area contributed by atoms with Gasteiger partial charge in [0.25, 0.3) is 5.56 Å². The zero-order valence-electron chi connectivity index (χ0n) is 16.8. The van der Waals surface area contributed by atoms with Crippen LogP contribution < -0.4 is 16.6 Å². The second kappa shape index (κ2) is 9.21. The molecule has 2 aromatic heterocycles. The summed E-state index contributed by atoms with van der Waals surface area (Å²) >= 11 is 0. The molecule has 156 valence electrons. The highest BCUT2D eigenvalue weighted by Crippen LogP contribution is 2.13. The van der Waals surface area contributed by atoms with Gasteiger partial charge in [-0.1, -0.05) is 48.5 Å². The van der Waals surface area contributed by atoms with Crippen molar-refractivity contribution in [2.75, 3.05) is 6.54 Å². The van der Waals surface area contributed by atoms with E-state index in [9.17, 15) is 14.4 Å². The first-order valence-corrected chi connectivity index (χ1v) is 10.1. The predicted molar refractivity (Wildman–Crippen MR) is 119 cm³/mol. The number of amides is 1. The van der Waals surface area contributed by atoms with Crippen LogP contribution in [0.5, 0.6) is 0 Å². The normalized spacial score (nSPS) is 11.9. The van der Waals surface area contributed by atoms with Crippen LogP contribution in [0.1, 0.15) is 17.3 Å². The lowest BCUT2D eigenvalue weighted by Gasteiger charge is -2.19. The number of para-hydroxylation sites is 1. The van der Waals surface area contributed by atoms with Gasteiger partial charge >= 0.3 is 5.69 Å². The van der Waals surface area contributed by atoms with Crippen LogP contribution >= 0.6 is 0 Å². The van der Waals surface area contributed by atoms with Crippen molar-refractivity contribution in [3.8, 4) is 0 Å². The Hall–Kier alpha value is -4.00. The van der Waals surface area contributed by atoms with Crippen molar-refractivity contribution >= 4 is 16.8 Å². The van der Waals surface area contributed by atoms with Crippen LogP contribution in [0.15, 0.2) is 88.6 Å². The lowest BCUT2D eigenvalue weighted by Crippen LogP contribution is -2.45. The van der Waals surface area contributed by atoms with Crippen molar-refractivity contribution in [2.45, 2.75) is 18.9 Å². The third kappa shape index (κ3) is 4.61. The lowest BCUT2D eigenvalue weighted by atomic mass is 10.0. The van der Waals surface area contributed by atoms with Crippen LogP contribution in [0.3, 0.4) is 0 Å². The van der Waals surface area contributed by atoms with Crippen LogP contribution in [0, 0.1) is 0 Å². The first-order chi connectivity index (χ1) is 15.1. The molecule has 1 atom stereocenters. The number of fused-ring (bicyclic) bond motifs is 1. The van der Waals surface area contributed by atoms with Crippen molar-refractivity contribution in [1.82, 2.24) is 19.9 Å². The second-order valence-electron chi connectivity index (χ2n) is 7.22. The SMILES string of the molecule is O=C(NCCc1ccccn1)[C@@H](Cc1ccccc1)n1c(=O)[nH]c2ccccc2c1=O. The molecule has 0 saturated heterocycles. The third-order valence-electron chi connectivity index (χ3n) is 5.13. The fourth-order valence-electron chi connectivity index (χ4n) is 3.58. The third-order valence-corrected chi connectivity index (χ3v) is 5.13. The molecule has 0 unspecified atom stereocenters. The summed E-state index contributed by atoms with van der Waals surface area (Å²) in [6.45, 7) is 0.349. The van der Waals surface area contributed by atoms with Crippen LogP contribution in [-0.2, 0) is 17.6 Å². The zero-order valence-corrected chi connectivity index (χ0v) is 16.8. The molecule has 0 bridgehead atoms. The Labute approximate surface area is 178 Å². The lowest BCUT2D eigenvalue weighted by molar-refractivity contribution is -0.124. The number of hydrogen-bond donors (Lipinski definition) is 2. The van der Waals surface area contributed by atoms with Gasteiger partial charge < -0.3 is 10.3 Å². The first kappa shape index (κ1) is 20.3. The molecule has 0 spiro atoms. The quantitative estimate of drug-likeness (QED) is 0.485. The summed E-state index contributed by atoms with van der Waals surface area (Å²) < 4.78 is 1.02. The maximum absolute atomic E-state index is 13.1. The summed E-state index contributed by atoms with van der Waals surface area (Å²) in [7, 11) is 0. The molecule has 7 heteroatoms. The Morgan fingerprint density at radius 1 is 0.968 bits per heavy atom. The Balaban J connectivity index is 1.66. The predicted octanol–water partition coefficient (Wildman–Crippen LogP) is 2.23. The fourth-order valence-corrected chi connectivity index (χ4v) is 3.58. The summed E-state index contributed by atoms with van der Waals surface area (Å²) in [5.41, 5.74) is 1.06. The number of carbonyl (C=O) groups excluding carboxylic acids is 1. The van der Waals surface area contributed by atoms with E-state index in [-0.39, 0.29) is 12.3 Å². The summed E-state index contributed by atoms with van der Waals surface area (Å²) in [5, 5.41) is 3.22. The van der Waals surface area contributed by atoms with E-state index in [0.717, 1.165) is 15.8 Å². The highest BCUT2D eigenvalue weighted by molar-refractivity contribution is 5.82. The minimum Gasteiger partial charge on any atom is -0.354 e. The fraction of sp³-hybridized carbons (Fsp3) is 0.167. The smallest absolute Gasteiger partial charge is 0.329 e. The van der Waals surface area contributed by atoms with Crippen LogP contribution in [0.25, 0.3) is 10.9 Å². The minimum atomic E-state index is -0.980. The monoisotopic (exact) mass is 414 g/mol. The number of carbonyl (C=O) groups is 1. The minimum absolute atomic E-state index is 0.220. The van der Waals surface area contributed by atoms with Crippen molar-refractivity contribution in [2.24, 2.45) is 0 Å². The van der Waals surface area contributed by atoms with Gasteiger partial charge in [0.1, 0.15) is 6.04 Å². The molecule has 1 amide bonds. The molecule has 7 nitrogen and oxygen atoms in total. The number of rotatable bonds is 7. The Morgan fingerprint density at radius 3 is 2.48 bits per heavy atom. The summed E-state index contributed by atoms with van der Waals surface area (Å²) in [6.07, 6.45) is 2.47. The summed E-state index contributed by atoms with van der Waals surface area (Å²) in [6, 6.07) is 20.7. The Bertz CT molecular complexity index is 1300. The van der Waals surface area contributed by atoms with Crippen molar-refractivity contribution in [3.05, 3.63) is 111 Å². The maximum atomic E-state index is 13.1. The topological polar surface area (TPSA) is 96.8 Å². The van der Waals surface area contributed by atoms with E-state index >= 15 is 0 Å². The number of nitrogens with one attached hydrogen (secondary N) is 2. The average Bonchev–Trinajstić information content (AvgIpc) is 2.80. The van der Waals surface area contributed by atoms with E-state index in [1.54, 1.807) is 30.5 Å². The molecule has 2 aromatic carbocycles. The number of nitrogens with zero attached hydrogens (tertiary/aromatic N) is 2. The molecule has 2 N–H and O–H groups in total. The van der Waals surface area contributed by atoms with Gasteiger partial charge in [-0.25, -0.2) is 9.36 Å². The van der Waals surface area contributed by atoms with E-state index in [1.165, 1.54) is 0 Å². The van der Waals surface area contributed by atoms with Crippen LogP contribution in [0.4, 0.5) is 0 Å². The largest absolute Gasteiger partial charge is 0.354 e. The molecular formula is C24H22N4O3. The van der Waals surface area contributed by atoms with Gasteiger partial charge in [-0.15, -0.1) is 0 Å². The molecule has 4 aromatic rings. The van der Waals surface area contributed by atoms with Crippen molar-refractivity contribution in [3.63, 3.8) is 0 Å². The molecule has 0 aliphatic carbocycles. The molecular weight excluding hydrogens is 392 g/mol. The van der Waals surface area contributed by atoms with Gasteiger partial charge in [0, 0.05) is 31.3 Å². The van der Waals surface area contributed by atoms with Crippen molar-refractivity contribution in [1.29, 1.82) is 0 Å². The number of benzene rings is 2. The molecule has 0 saturated carbocycles. The molecule has 31 heavy (non-hydrogen) atoms. The summed E-state index contributed by atoms with van der Waals surface area (Å²) in [4.78, 5) is 46.0. The molecule has 0 fully saturated rings.